The van der Waals surface area contributed by atoms with Gasteiger partial charge in [-0.15, -0.1) is 6.58 Å². The summed E-state index contributed by atoms with van der Waals surface area (Å²) in [5, 5.41) is 6.96. The first kappa shape index (κ1) is 15.0. The van der Waals surface area contributed by atoms with E-state index in [0.29, 0.717) is 17.9 Å². The smallest absolute Gasteiger partial charge is 0.195 e. The average molecular weight is 354 g/mol. The standard InChI is InChI=1S/C14H16BrN3OS/c1-3-7-18-13(16-17-14(18)20)9-19-12-6-5-11(15)8-10(12)4-2/h3,5-6,8H,1,4,7,9H2,2H3,(H,17,20). The van der Waals surface area contributed by atoms with Gasteiger partial charge in [0.2, 0.25) is 0 Å². The van der Waals surface area contributed by atoms with Gasteiger partial charge in [-0.05, 0) is 42.4 Å². The van der Waals surface area contributed by atoms with Crippen molar-refractivity contribution in [3.05, 3.63) is 51.5 Å². The maximum absolute atomic E-state index is 5.86. The molecule has 0 bridgehead atoms. The molecule has 0 unspecified atom stereocenters. The average Bonchev–Trinajstić information content (AvgIpc) is 2.79. The third-order valence-electron chi connectivity index (χ3n) is 2.91. The normalized spacial score (nSPS) is 10.5. The summed E-state index contributed by atoms with van der Waals surface area (Å²) in [6.07, 6.45) is 2.69. The molecule has 1 aromatic heterocycles. The second-order valence-corrected chi connectivity index (χ2v) is 5.54. The van der Waals surface area contributed by atoms with Crippen LogP contribution in [0, 0.1) is 4.77 Å². The molecule has 0 saturated carbocycles. The maximum Gasteiger partial charge on any atom is 0.195 e. The van der Waals surface area contributed by atoms with Crippen LogP contribution in [0.15, 0.2) is 35.3 Å². The quantitative estimate of drug-likeness (QED) is 0.629. The Morgan fingerprint density at radius 3 is 3.05 bits per heavy atom. The predicted octanol–water partition coefficient (Wildman–Crippen LogP) is 4.03. The van der Waals surface area contributed by atoms with E-state index in [-0.39, 0.29) is 0 Å². The van der Waals surface area contributed by atoms with Crippen LogP contribution in [-0.2, 0) is 19.6 Å². The number of H-pyrrole nitrogens is 1. The Morgan fingerprint density at radius 2 is 2.35 bits per heavy atom. The van der Waals surface area contributed by atoms with Crippen LogP contribution in [0.1, 0.15) is 18.3 Å². The van der Waals surface area contributed by atoms with Gasteiger partial charge in [0, 0.05) is 11.0 Å². The van der Waals surface area contributed by atoms with Gasteiger partial charge in [-0.2, -0.15) is 5.10 Å². The van der Waals surface area contributed by atoms with E-state index in [1.165, 1.54) is 0 Å². The molecule has 106 valence electrons. The second kappa shape index (κ2) is 6.85. The Labute approximate surface area is 131 Å². The number of hydrogen-bond acceptors (Lipinski definition) is 3. The van der Waals surface area contributed by atoms with Gasteiger partial charge in [-0.25, -0.2) is 0 Å². The minimum Gasteiger partial charge on any atom is -0.485 e. The number of rotatable bonds is 6. The summed E-state index contributed by atoms with van der Waals surface area (Å²) < 4.78 is 9.36. The highest BCUT2D eigenvalue weighted by Crippen LogP contribution is 2.24. The molecule has 0 aliphatic carbocycles. The van der Waals surface area contributed by atoms with Crippen molar-refractivity contribution in [2.75, 3.05) is 0 Å². The van der Waals surface area contributed by atoms with Gasteiger partial charge >= 0.3 is 0 Å². The lowest BCUT2D eigenvalue weighted by Gasteiger charge is -2.11. The fourth-order valence-corrected chi connectivity index (χ4v) is 2.52. The summed E-state index contributed by atoms with van der Waals surface area (Å²) in [5.41, 5.74) is 1.16. The topological polar surface area (TPSA) is 42.8 Å². The van der Waals surface area contributed by atoms with Crippen molar-refractivity contribution < 1.29 is 4.74 Å². The van der Waals surface area contributed by atoms with Crippen LogP contribution in [0.3, 0.4) is 0 Å². The third kappa shape index (κ3) is 3.37. The van der Waals surface area contributed by atoms with Crippen molar-refractivity contribution in [2.24, 2.45) is 0 Å². The van der Waals surface area contributed by atoms with E-state index in [2.05, 4.69) is 45.7 Å². The van der Waals surface area contributed by atoms with Crippen LogP contribution in [0.4, 0.5) is 0 Å². The van der Waals surface area contributed by atoms with Gasteiger partial charge in [0.1, 0.15) is 12.4 Å². The van der Waals surface area contributed by atoms with Crippen LogP contribution in [0.2, 0.25) is 0 Å². The van der Waals surface area contributed by atoms with Crippen molar-refractivity contribution in [1.29, 1.82) is 0 Å². The van der Waals surface area contributed by atoms with E-state index in [4.69, 9.17) is 17.0 Å². The lowest BCUT2D eigenvalue weighted by molar-refractivity contribution is 0.287. The molecule has 2 rings (SSSR count). The van der Waals surface area contributed by atoms with Crippen LogP contribution in [-0.4, -0.2) is 14.8 Å². The summed E-state index contributed by atoms with van der Waals surface area (Å²) in [7, 11) is 0. The molecule has 2 aromatic rings. The maximum atomic E-state index is 5.86. The minimum absolute atomic E-state index is 0.371. The highest BCUT2D eigenvalue weighted by Gasteiger charge is 2.08. The number of aromatic nitrogens is 3. The molecule has 0 fully saturated rings. The molecule has 0 aliphatic rings. The molecule has 1 N–H and O–H groups in total. The van der Waals surface area contributed by atoms with Gasteiger partial charge < -0.3 is 4.74 Å². The van der Waals surface area contributed by atoms with Crippen LogP contribution < -0.4 is 4.74 Å². The molecule has 1 aromatic carbocycles. The van der Waals surface area contributed by atoms with Crippen molar-refractivity contribution in [2.45, 2.75) is 26.5 Å². The highest BCUT2D eigenvalue weighted by molar-refractivity contribution is 9.10. The number of halogens is 1. The number of nitrogens with zero attached hydrogens (tertiary/aromatic N) is 2. The number of aromatic amines is 1. The van der Waals surface area contributed by atoms with Crippen LogP contribution in [0.5, 0.6) is 5.75 Å². The molecule has 0 atom stereocenters. The number of ether oxygens (including phenoxy) is 1. The third-order valence-corrected chi connectivity index (χ3v) is 3.71. The van der Waals surface area contributed by atoms with Gasteiger partial charge in [0.25, 0.3) is 0 Å². The molecule has 6 heteroatoms. The number of aryl methyl sites for hydroxylation is 1. The Bertz CT molecular complexity index is 663. The molecule has 0 radical (unpaired) electrons. The van der Waals surface area contributed by atoms with E-state index in [9.17, 15) is 0 Å². The van der Waals surface area contributed by atoms with Crippen molar-refractivity contribution >= 4 is 28.1 Å². The lowest BCUT2D eigenvalue weighted by Crippen LogP contribution is -2.07. The van der Waals surface area contributed by atoms with Crippen LogP contribution >= 0.6 is 28.1 Å². The Morgan fingerprint density at radius 1 is 1.55 bits per heavy atom. The van der Waals surface area contributed by atoms with Crippen LogP contribution in [0.25, 0.3) is 0 Å². The fourth-order valence-electron chi connectivity index (χ4n) is 1.89. The highest BCUT2D eigenvalue weighted by atomic mass is 79.9. The molecule has 20 heavy (non-hydrogen) atoms. The van der Waals surface area contributed by atoms with E-state index < -0.39 is 0 Å². The molecule has 0 saturated heterocycles. The largest absolute Gasteiger partial charge is 0.485 e. The molecule has 4 nitrogen and oxygen atoms in total. The van der Waals surface area contributed by atoms with Gasteiger partial charge in [-0.3, -0.25) is 9.67 Å². The summed E-state index contributed by atoms with van der Waals surface area (Å²) in [6, 6.07) is 5.99. The monoisotopic (exact) mass is 353 g/mol. The molecular formula is C14H16BrN3OS. The number of hydrogen-bond donors (Lipinski definition) is 1. The number of allylic oxidation sites excluding steroid dienone is 1. The summed E-state index contributed by atoms with van der Waals surface area (Å²) in [6.45, 7) is 6.81. The summed E-state index contributed by atoms with van der Waals surface area (Å²) >= 11 is 8.64. The summed E-state index contributed by atoms with van der Waals surface area (Å²) in [5.74, 6) is 1.63. The van der Waals surface area contributed by atoms with Gasteiger partial charge in [-0.1, -0.05) is 28.9 Å². The Hall–Kier alpha value is -1.40. The zero-order valence-corrected chi connectivity index (χ0v) is 13.6. The predicted molar refractivity (Wildman–Crippen MR) is 85.5 cm³/mol. The van der Waals surface area contributed by atoms with E-state index in [1.54, 1.807) is 6.08 Å². The first-order valence-corrected chi connectivity index (χ1v) is 7.52. The lowest BCUT2D eigenvalue weighted by atomic mass is 10.1. The molecular weight excluding hydrogens is 338 g/mol. The molecule has 0 spiro atoms. The van der Waals surface area contributed by atoms with Crippen molar-refractivity contribution in [3.8, 4) is 5.75 Å². The zero-order chi connectivity index (χ0) is 14.5. The van der Waals surface area contributed by atoms with Crippen molar-refractivity contribution in [3.63, 3.8) is 0 Å². The van der Waals surface area contributed by atoms with E-state index in [1.807, 2.05) is 16.7 Å². The Balaban J connectivity index is 2.17. The Kier molecular flexibility index (Phi) is 5.14. The summed E-state index contributed by atoms with van der Waals surface area (Å²) in [4.78, 5) is 0. The SMILES string of the molecule is C=CCn1c(COc2ccc(Br)cc2CC)n[nH]c1=S. The molecule has 1 heterocycles. The molecule has 0 amide bonds. The zero-order valence-electron chi connectivity index (χ0n) is 11.2. The second-order valence-electron chi connectivity index (χ2n) is 4.24. The van der Waals surface area contributed by atoms with E-state index >= 15 is 0 Å². The number of benzene rings is 1. The first-order chi connectivity index (χ1) is 9.65. The van der Waals surface area contributed by atoms with Gasteiger partial charge in [0.15, 0.2) is 10.6 Å². The first-order valence-electron chi connectivity index (χ1n) is 6.32. The number of nitrogens with one attached hydrogen (secondary N) is 1. The fraction of sp³-hybridized carbons (Fsp3) is 0.286. The minimum atomic E-state index is 0.371. The van der Waals surface area contributed by atoms with Gasteiger partial charge in [0.05, 0.1) is 0 Å². The van der Waals surface area contributed by atoms with E-state index in [0.717, 1.165) is 28.0 Å². The molecule has 0 aliphatic heterocycles. The van der Waals surface area contributed by atoms with Crippen molar-refractivity contribution in [1.82, 2.24) is 14.8 Å².